The van der Waals surface area contributed by atoms with Crippen LogP contribution in [0.1, 0.15) is 16.7 Å². The molecule has 0 atom stereocenters. The van der Waals surface area contributed by atoms with Crippen LogP contribution >= 0.6 is 0 Å². The average molecular weight is 375 g/mol. The van der Waals surface area contributed by atoms with Gasteiger partial charge in [-0.05, 0) is 49.1 Å². The molecule has 1 aliphatic heterocycles. The minimum absolute atomic E-state index is 0.137. The van der Waals surface area contributed by atoms with Crippen molar-refractivity contribution in [2.45, 2.75) is 20.3 Å². The van der Waals surface area contributed by atoms with Crippen molar-refractivity contribution in [3.63, 3.8) is 0 Å². The Hall–Kier alpha value is -2.58. The third kappa shape index (κ3) is 3.81. The quantitative estimate of drug-likeness (QED) is 0.833. The smallest absolute Gasteiger partial charge is 0.299 e. The molecule has 138 valence electrons. The van der Waals surface area contributed by atoms with Gasteiger partial charge in [-0.2, -0.15) is 8.42 Å². The molecule has 0 aromatic heterocycles. The summed E-state index contributed by atoms with van der Waals surface area (Å²) in [5.74, 6) is 0.366. The highest BCUT2D eigenvalue weighted by molar-refractivity contribution is 7.90. The predicted octanol–water partition coefficient (Wildman–Crippen LogP) is 1.89. The molecule has 3 N–H and O–H groups in total. The van der Waals surface area contributed by atoms with Crippen molar-refractivity contribution in [2.24, 2.45) is 5.14 Å². The molecule has 0 bridgehead atoms. The molecule has 8 heteroatoms. The first kappa shape index (κ1) is 18.2. The Kier molecular flexibility index (Phi) is 4.88. The van der Waals surface area contributed by atoms with Crippen LogP contribution in [0.3, 0.4) is 0 Å². The van der Waals surface area contributed by atoms with Crippen molar-refractivity contribution >= 4 is 27.5 Å². The Labute approximate surface area is 152 Å². The highest BCUT2D eigenvalue weighted by Crippen LogP contribution is 2.32. The summed E-state index contributed by atoms with van der Waals surface area (Å²) in [6.07, 6.45) is 0.593. The normalized spacial score (nSPS) is 13.4. The third-order valence-electron chi connectivity index (χ3n) is 4.29. The fourth-order valence-electron chi connectivity index (χ4n) is 3.05. The fraction of sp³-hybridized carbons (Fsp3) is 0.278. The first-order valence-corrected chi connectivity index (χ1v) is 9.68. The van der Waals surface area contributed by atoms with Crippen molar-refractivity contribution in [1.29, 1.82) is 0 Å². The van der Waals surface area contributed by atoms with Crippen LogP contribution in [0.4, 0.5) is 11.4 Å². The van der Waals surface area contributed by atoms with E-state index in [1.54, 1.807) is 18.2 Å². The van der Waals surface area contributed by atoms with E-state index < -0.39 is 10.2 Å². The number of para-hydroxylation sites is 1. The van der Waals surface area contributed by atoms with E-state index in [2.05, 4.69) is 5.32 Å². The highest BCUT2D eigenvalue weighted by atomic mass is 32.2. The Morgan fingerprint density at radius 3 is 2.58 bits per heavy atom. The molecule has 1 heterocycles. The van der Waals surface area contributed by atoms with Gasteiger partial charge in [0.2, 0.25) is 0 Å². The van der Waals surface area contributed by atoms with Gasteiger partial charge >= 0.3 is 0 Å². The van der Waals surface area contributed by atoms with Gasteiger partial charge in [0.15, 0.2) is 6.61 Å². The van der Waals surface area contributed by atoms with E-state index in [0.29, 0.717) is 30.1 Å². The van der Waals surface area contributed by atoms with Crippen LogP contribution in [0.2, 0.25) is 0 Å². The lowest BCUT2D eigenvalue weighted by atomic mass is 10.1. The molecule has 7 nitrogen and oxygen atoms in total. The Balaban J connectivity index is 1.69. The summed E-state index contributed by atoms with van der Waals surface area (Å²) in [5, 5.41) is 7.96. The molecule has 0 aliphatic carbocycles. The molecule has 2 aromatic rings. The number of nitrogens with one attached hydrogen (secondary N) is 1. The van der Waals surface area contributed by atoms with Gasteiger partial charge in [-0.25, -0.2) is 5.14 Å². The largest absolute Gasteiger partial charge is 0.483 e. The molecule has 0 spiro atoms. The van der Waals surface area contributed by atoms with Crippen molar-refractivity contribution < 1.29 is 17.9 Å². The lowest BCUT2D eigenvalue weighted by molar-refractivity contribution is -0.118. The van der Waals surface area contributed by atoms with Crippen molar-refractivity contribution in [1.82, 2.24) is 0 Å². The number of hydrogen-bond donors (Lipinski definition) is 2. The zero-order valence-corrected chi connectivity index (χ0v) is 15.5. The molecule has 0 fully saturated rings. The summed E-state index contributed by atoms with van der Waals surface area (Å²) in [7, 11) is -3.82. The summed E-state index contributed by atoms with van der Waals surface area (Å²) in [6.45, 7) is 4.01. The summed E-state index contributed by atoms with van der Waals surface area (Å²) < 4.78 is 30.1. The number of fused-ring (bicyclic) bond motifs is 1. The SMILES string of the molecule is Cc1cccc(C)c1OCC(=O)Nc1ccc2c(c1)N(S(N)(=O)=O)CC2. The molecule has 26 heavy (non-hydrogen) atoms. The average Bonchev–Trinajstić information content (AvgIpc) is 2.97. The zero-order chi connectivity index (χ0) is 18.9. The molecule has 0 unspecified atom stereocenters. The fourth-order valence-corrected chi connectivity index (χ4v) is 3.84. The molecule has 2 aromatic carbocycles. The van der Waals surface area contributed by atoms with E-state index in [1.807, 2.05) is 32.0 Å². The maximum Gasteiger partial charge on any atom is 0.299 e. The predicted molar refractivity (Wildman–Crippen MR) is 101 cm³/mol. The summed E-state index contributed by atoms with van der Waals surface area (Å²) in [5.41, 5.74) is 3.79. The van der Waals surface area contributed by atoms with Crippen LogP contribution in [0.15, 0.2) is 36.4 Å². The maximum absolute atomic E-state index is 12.2. The van der Waals surface area contributed by atoms with Gasteiger partial charge in [-0.3, -0.25) is 9.10 Å². The summed E-state index contributed by atoms with van der Waals surface area (Å²) >= 11 is 0. The topological polar surface area (TPSA) is 102 Å². The first-order chi connectivity index (χ1) is 12.3. The second-order valence-corrected chi connectivity index (χ2v) is 7.74. The molecule has 0 saturated carbocycles. The second kappa shape index (κ2) is 6.97. The molecular formula is C18H21N3O4S. The summed E-state index contributed by atoms with van der Waals surface area (Å²) in [6, 6.07) is 10.9. The van der Waals surface area contributed by atoms with Gasteiger partial charge < -0.3 is 10.1 Å². The van der Waals surface area contributed by atoms with Gasteiger partial charge in [-0.1, -0.05) is 24.3 Å². The zero-order valence-electron chi connectivity index (χ0n) is 14.7. The van der Waals surface area contributed by atoms with Crippen molar-refractivity contribution in [3.8, 4) is 5.75 Å². The van der Waals surface area contributed by atoms with E-state index >= 15 is 0 Å². The van der Waals surface area contributed by atoms with E-state index in [9.17, 15) is 13.2 Å². The van der Waals surface area contributed by atoms with Gasteiger partial charge in [0.1, 0.15) is 5.75 Å². The Morgan fingerprint density at radius 2 is 1.92 bits per heavy atom. The van der Waals surface area contributed by atoms with Crippen LogP contribution in [0, 0.1) is 13.8 Å². The highest BCUT2D eigenvalue weighted by Gasteiger charge is 2.27. The number of anilines is 2. The van der Waals surface area contributed by atoms with Crippen molar-refractivity contribution in [2.75, 3.05) is 22.8 Å². The third-order valence-corrected chi connectivity index (χ3v) is 5.28. The molecular weight excluding hydrogens is 354 g/mol. The molecule has 0 saturated heterocycles. The number of carbonyl (C=O) groups is 1. The van der Waals surface area contributed by atoms with Gasteiger partial charge in [0.05, 0.1) is 5.69 Å². The van der Waals surface area contributed by atoms with E-state index in [-0.39, 0.29) is 12.5 Å². The Bertz CT molecular complexity index is 937. The number of rotatable bonds is 5. The van der Waals surface area contributed by atoms with E-state index in [1.165, 1.54) is 0 Å². The Morgan fingerprint density at radius 1 is 1.23 bits per heavy atom. The number of hydrogen-bond acceptors (Lipinski definition) is 4. The van der Waals surface area contributed by atoms with Crippen molar-refractivity contribution in [3.05, 3.63) is 53.1 Å². The van der Waals surface area contributed by atoms with E-state index in [0.717, 1.165) is 21.0 Å². The van der Waals surface area contributed by atoms with Crippen LogP contribution in [0.5, 0.6) is 5.75 Å². The van der Waals surface area contributed by atoms with Crippen LogP contribution < -0.4 is 19.5 Å². The maximum atomic E-state index is 12.2. The van der Waals surface area contributed by atoms with Gasteiger partial charge in [0, 0.05) is 12.2 Å². The molecule has 0 radical (unpaired) electrons. The van der Waals surface area contributed by atoms with E-state index in [4.69, 9.17) is 9.88 Å². The second-order valence-electron chi connectivity index (χ2n) is 6.27. The lowest BCUT2D eigenvalue weighted by Crippen LogP contribution is -2.35. The van der Waals surface area contributed by atoms with Crippen LogP contribution in [-0.4, -0.2) is 27.5 Å². The number of aryl methyl sites for hydroxylation is 2. The number of nitrogens with two attached hydrogens (primary N) is 1. The lowest BCUT2D eigenvalue weighted by Gasteiger charge is -2.17. The monoisotopic (exact) mass is 375 g/mol. The number of carbonyl (C=O) groups excluding carboxylic acids is 1. The molecule has 1 amide bonds. The van der Waals surface area contributed by atoms with Gasteiger partial charge in [-0.15, -0.1) is 0 Å². The minimum Gasteiger partial charge on any atom is -0.483 e. The van der Waals surface area contributed by atoms with Gasteiger partial charge in [0.25, 0.3) is 16.1 Å². The first-order valence-electron chi connectivity index (χ1n) is 8.18. The standard InChI is InChI=1S/C18H21N3O4S/c1-12-4-3-5-13(2)18(12)25-11-17(22)20-15-7-6-14-8-9-21(16(14)10-15)26(19,23)24/h3-7,10H,8-9,11H2,1-2H3,(H,20,22)(H2,19,23,24). The molecule has 3 rings (SSSR count). The van der Waals surface area contributed by atoms with Crippen LogP contribution in [-0.2, 0) is 21.4 Å². The number of nitrogens with zero attached hydrogens (tertiary/aromatic N) is 1. The number of benzene rings is 2. The number of ether oxygens (including phenoxy) is 1. The molecule has 1 aliphatic rings. The van der Waals surface area contributed by atoms with Crippen LogP contribution in [0.25, 0.3) is 0 Å². The summed E-state index contributed by atoms with van der Waals surface area (Å²) in [4.78, 5) is 12.2. The number of amides is 1. The minimum atomic E-state index is -3.82.